The molecule has 33 heavy (non-hydrogen) atoms. The molecule has 0 aromatic carbocycles. The summed E-state index contributed by atoms with van der Waals surface area (Å²) in [5, 5.41) is 21.8. The van der Waals surface area contributed by atoms with E-state index in [9.17, 15) is 15.0 Å². The molecule has 0 heterocycles. The minimum atomic E-state index is -0.330. The van der Waals surface area contributed by atoms with Gasteiger partial charge in [-0.05, 0) is 92.8 Å². The maximum absolute atomic E-state index is 13.9. The maximum Gasteiger partial charge on any atom is 0.159 e. The average Bonchev–Trinajstić information content (AvgIpc) is 3.01. The molecule has 0 radical (unpaired) electrons. The van der Waals surface area contributed by atoms with Crippen LogP contribution < -0.4 is 0 Å². The zero-order valence-corrected chi connectivity index (χ0v) is 22.4. The molecule has 4 aliphatic carbocycles. The maximum atomic E-state index is 13.9. The lowest BCUT2D eigenvalue weighted by molar-refractivity contribution is -0.134. The van der Waals surface area contributed by atoms with Gasteiger partial charge in [0.2, 0.25) is 0 Å². The Kier molecular flexibility index (Phi) is 6.14. The average molecular weight is 457 g/mol. The minimum absolute atomic E-state index is 0.0168. The van der Waals surface area contributed by atoms with E-state index in [0.29, 0.717) is 18.1 Å². The summed E-state index contributed by atoms with van der Waals surface area (Å²) in [7, 11) is 0. The molecule has 2 unspecified atom stereocenters. The van der Waals surface area contributed by atoms with Gasteiger partial charge in [-0.15, -0.1) is 0 Å². The number of carbonyl (C=O) groups excluding carboxylic acids is 1. The van der Waals surface area contributed by atoms with Gasteiger partial charge in [-0.3, -0.25) is 4.79 Å². The molecule has 0 aliphatic heterocycles. The fourth-order valence-corrected chi connectivity index (χ4v) is 9.07. The van der Waals surface area contributed by atoms with Crippen LogP contribution in [0.3, 0.4) is 0 Å². The van der Waals surface area contributed by atoms with E-state index in [1.807, 2.05) is 0 Å². The van der Waals surface area contributed by atoms with Crippen LogP contribution >= 0.6 is 0 Å². The first-order chi connectivity index (χ1) is 15.2. The number of rotatable bonds is 4. The van der Waals surface area contributed by atoms with Gasteiger partial charge in [-0.2, -0.15) is 0 Å². The summed E-state index contributed by atoms with van der Waals surface area (Å²) in [6, 6.07) is 0. The van der Waals surface area contributed by atoms with Gasteiger partial charge in [0.15, 0.2) is 5.78 Å². The second-order valence-corrected chi connectivity index (χ2v) is 13.7. The third-order valence-electron chi connectivity index (χ3n) is 11.6. The van der Waals surface area contributed by atoms with E-state index < -0.39 is 0 Å². The molecule has 186 valence electrons. The predicted molar refractivity (Wildman–Crippen MR) is 135 cm³/mol. The molecule has 2 N–H and O–H groups in total. The van der Waals surface area contributed by atoms with Gasteiger partial charge in [-0.1, -0.05) is 58.8 Å². The molecule has 0 aromatic heterocycles. The number of aliphatic hydroxyl groups is 2. The van der Waals surface area contributed by atoms with E-state index in [2.05, 4.69) is 61.5 Å². The van der Waals surface area contributed by atoms with Gasteiger partial charge in [0.05, 0.1) is 12.2 Å². The lowest BCUT2D eigenvalue weighted by Crippen LogP contribution is -2.57. The highest BCUT2D eigenvalue weighted by Crippen LogP contribution is 2.71. The van der Waals surface area contributed by atoms with Gasteiger partial charge in [0, 0.05) is 17.4 Å². The van der Waals surface area contributed by atoms with Crippen molar-refractivity contribution < 1.29 is 15.0 Å². The highest BCUT2D eigenvalue weighted by atomic mass is 16.3. The Hall–Kier alpha value is -0.930. The van der Waals surface area contributed by atoms with Crippen molar-refractivity contribution in [1.82, 2.24) is 0 Å². The van der Waals surface area contributed by atoms with Crippen molar-refractivity contribution in [3.8, 4) is 0 Å². The number of fused-ring (bicyclic) bond motifs is 4. The second-order valence-electron chi connectivity index (χ2n) is 13.7. The van der Waals surface area contributed by atoms with Crippen molar-refractivity contribution in [2.24, 2.45) is 39.4 Å². The molecule has 0 saturated heterocycles. The number of ketones is 1. The smallest absolute Gasteiger partial charge is 0.159 e. The fraction of sp³-hybridized carbons (Fsp3) is 0.833. The Labute approximate surface area is 202 Å². The second kappa shape index (κ2) is 8.05. The third kappa shape index (κ3) is 3.46. The minimum Gasteiger partial charge on any atom is -0.393 e. The lowest BCUT2D eigenvalue weighted by Gasteiger charge is -2.61. The lowest BCUT2D eigenvalue weighted by atomic mass is 9.43. The van der Waals surface area contributed by atoms with Gasteiger partial charge in [-0.25, -0.2) is 0 Å². The highest BCUT2D eigenvalue weighted by Gasteiger charge is 2.65. The fourth-order valence-electron chi connectivity index (χ4n) is 9.07. The number of Topliss-reactive ketones (excluding diaryl/α,β-unsaturated/α-hetero) is 1. The molecule has 3 nitrogen and oxygen atoms in total. The van der Waals surface area contributed by atoms with Gasteiger partial charge >= 0.3 is 0 Å². The first-order valence-electron chi connectivity index (χ1n) is 13.5. The monoisotopic (exact) mass is 456 g/mol. The molecule has 2 fully saturated rings. The summed E-state index contributed by atoms with van der Waals surface area (Å²) >= 11 is 0. The van der Waals surface area contributed by atoms with Crippen LogP contribution in [0.4, 0.5) is 0 Å². The van der Waals surface area contributed by atoms with E-state index in [1.54, 1.807) is 0 Å². The Morgan fingerprint density at radius 2 is 1.76 bits per heavy atom. The van der Waals surface area contributed by atoms with Crippen LogP contribution in [0.15, 0.2) is 22.8 Å². The first-order valence-corrected chi connectivity index (χ1v) is 13.5. The van der Waals surface area contributed by atoms with E-state index in [1.165, 1.54) is 11.1 Å². The molecular formula is C30H48O3. The summed E-state index contributed by atoms with van der Waals surface area (Å²) in [5.41, 5.74) is 3.57. The Morgan fingerprint density at radius 1 is 1.09 bits per heavy atom. The standard InChI is InChI=1S/C30H48O3/c1-18(2)9-10-22(31)19(3)20-11-16-30(8)26-21(12-15-29(20,30)7)28(6)14-13-25(33)27(4,5)24(28)17-23(26)32/h9,19-20,22,24-25,31,33H,10-17H2,1-8H3/t19?,20-,22-,24?,25+,28-,29-,30+/m1/s1. The van der Waals surface area contributed by atoms with Crippen molar-refractivity contribution in [3.63, 3.8) is 0 Å². The Morgan fingerprint density at radius 3 is 2.39 bits per heavy atom. The topological polar surface area (TPSA) is 57.5 Å². The SMILES string of the molecule is CC(C)=CC[C@@H](O)C(C)[C@H]1CC[C@@]2(C)C3=C(CC[C@]12C)[C@@]1(C)CC[C@H](O)C(C)(C)C1CC3=O. The number of hydrogen-bond donors (Lipinski definition) is 2. The van der Waals surface area contributed by atoms with Gasteiger partial charge in [0.1, 0.15) is 0 Å². The quantitative estimate of drug-likeness (QED) is 0.467. The molecule has 8 atom stereocenters. The third-order valence-corrected chi connectivity index (χ3v) is 11.6. The molecule has 4 rings (SSSR count). The van der Waals surface area contributed by atoms with Crippen molar-refractivity contribution >= 4 is 5.78 Å². The predicted octanol–water partition coefficient (Wildman–Crippen LogP) is 6.63. The van der Waals surface area contributed by atoms with E-state index in [0.717, 1.165) is 50.5 Å². The zero-order chi connectivity index (χ0) is 24.6. The number of carbonyl (C=O) groups is 1. The van der Waals surface area contributed by atoms with Crippen LogP contribution in [0.5, 0.6) is 0 Å². The summed E-state index contributed by atoms with van der Waals surface area (Å²) in [5.74, 6) is 1.22. The summed E-state index contributed by atoms with van der Waals surface area (Å²) in [4.78, 5) is 13.9. The van der Waals surface area contributed by atoms with E-state index >= 15 is 0 Å². The van der Waals surface area contributed by atoms with Crippen LogP contribution in [0.1, 0.15) is 107 Å². The largest absolute Gasteiger partial charge is 0.393 e. The zero-order valence-electron chi connectivity index (χ0n) is 22.4. The van der Waals surface area contributed by atoms with Crippen LogP contribution in [0, 0.1) is 39.4 Å². The summed E-state index contributed by atoms with van der Waals surface area (Å²) in [6.07, 6.45) is 8.86. The molecule has 3 heteroatoms. The Bertz CT molecular complexity index is 877. The van der Waals surface area contributed by atoms with Crippen LogP contribution in [-0.2, 0) is 4.79 Å². The Balaban J connectivity index is 1.72. The summed E-state index contributed by atoms with van der Waals surface area (Å²) in [6.45, 7) is 18.0. The molecule has 0 aromatic rings. The molecule has 0 spiro atoms. The number of hydrogen-bond acceptors (Lipinski definition) is 3. The van der Waals surface area contributed by atoms with Gasteiger partial charge < -0.3 is 10.2 Å². The van der Waals surface area contributed by atoms with Crippen molar-refractivity contribution in [2.45, 2.75) is 119 Å². The van der Waals surface area contributed by atoms with Crippen LogP contribution in [0.25, 0.3) is 0 Å². The molecule has 0 bridgehead atoms. The van der Waals surface area contributed by atoms with Crippen molar-refractivity contribution in [3.05, 3.63) is 22.8 Å². The van der Waals surface area contributed by atoms with E-state index in [4.69, 9.17) is 0 Å². The molecule has 2 saturated carbocycles. The van der Waals surface area contributed by atoms with E-state index in [-0.39, 0.29) is 45.7 Å². The van der Waals surface area contributed by atoms with Crippen LogP contribution in [0.2, 0.25) is 0 Å². The first kappa shape index (κ1) is 25.2. The van der Waals surface area contributed by atoms with Crippen molar-refractivity contribution in [1.29, 1.82) is 0 Å². The number of allylic oxidation sites excluding steroid dienone is 3. The number of aliphatic hydroxyl groups excluding tert-OH is 2. The van der Waals surface area contributed by atoms with Crippen molar-refractivity contribution in [2.75, 3.05) is 0 Å². The molecular weight excluding hydrogens is 408 g/mol. The molecule has 0 amide bonds. The van der Waals surface area contributed by atoms with Crippen LogP contribution in [-0.4, -0.2) is 28.2 Å². The van der Waals surface area contributed by atoms with Gasteiger partial charge in [0.25, 0.3) is 0 Å². The highest BCUT2D eigenvalue weighted by molar-refractivity contribution is 5.99. The summed E-state index contributed by atoms with van der Waals surface area (Å²) < 4.78 is 0. The molecule has 4 aliphatic rings. The normalized spacial score (nSPS) is 43.9.